The molecule has 1 aliphatic heterocycles. The largest absolute Gasteiger partial charge is 0.478 e. The minimum Gasteiger partial charge on any atom is -0.478 e. The first-order valence-electron chi connectivity index (χ1n) is 4.67. The van der Waals surface area contributed by atoms with Gasteiger partial charge in [-0.3, -0.25) is 9.48 Å². The van der Waals surface area contributed by atoms with Gasteiger partial charge in [0.2, 0.25) is 5.91 Å². The number of aromatic carboxylic acids is 1. The summed E-state index contributed by atoms with van der Waals surface area (Å²) in [5.74, 6) is -0.730. The number of amides is 1. The van der Waals surface area contributed by atoms with Gasteiger partial charge in [0.1, 0.15) is 0 Å². The fraction of sp³-hybridized carbons (Fsp3) is 0.444. The van der Waals surface area contributed by atoms with Crippen molar-refractivity contribution in [1.29, 1.82) is 0 Å². The smallest absolute Gasteiger partial charge is 0.338 e. The van der Waals surface area contributed by atoms with E-state index in [1.807, 2.05) is 0 Å². The summed E-state index contributed by atoms with van der Waals surface area (Å²) in [7, 11) is 0. The summed E-state index contributed by atoms with van der Waals surface area (Å²) in [5, 5.41) is 15.3. The number of nitrogens with one attached hydrogen (secondary N) is 1. The van der Waals surface area contributed by atoms with E-state index in [1.165, 1.54) is 12.4 Å². The Bertz CT molecular complexity index is 399. The average Bonchev–Trinajstić information content (AvgIpc) is 2.76. The molecule has 2 rings (SSSR count). The summed E-state index contributed by atoms with van der Waals surface area (Å²) in [4.78, 5) is 21.5. The highest BCUT2D eigenvalue weighted by Crippen LogP contribution is 2.11. The van der Waals surface area contributed by atoms with Crippen LogP contribution < -0.4 is 5.32 Å². The molecule has 1 aromatic heterocycles. The molecule has 1 unspecified atom stereocenters. The molecule has 0 saturated carbocycles. The number of carboxylic acids is 1. The molecule has 1 atom stereocenters. The molecule has 1 aromatic rings. The van der Waals surface area contributed by atoms with Gasteiger partial charge in [0.05, 0.1) is 11.8 Å². The first kappa shape index (κ1) is 9.70. The van der Waals surface area contributed by atoms with Gasteiger partial charge >= 0.3 is 5.97 Å². The second-order valence-corrected chi connectivity index (χ2v) is 3.63. The van der Waals surface area contributed by atoms with Crippen molar-refractivity contribution in [1.82, 2.24) is 15.1 Å². The second kappa shape index (κ2) is 3.72. The topological polar surface area (TPSA) is 84.2 Å². The summed E-state index contributed by atoms with van der Waals surface area (Å²) in [5.41, 5.74) is 0.173. The molecule has 0 spiro atoms. The van der Waals surface area contributed by atoms with Crippen molar-refractivity contribution >= 4 is 11.9 Å². The SMILES string of the molecule is O=C1CC(Cn2cc(C(=O)O)cn2)CN1. The number of hydrogen-bond donors (Lipinski definition) is 2. The molecule has 0 radical (unpaired) electrons. The Kier molecular flexibility index (Phi) is 2.40. The van der Waals surface area contributed by atoms with E-state index in [1.54, 1.807) is 4.68 Å². The molecule has 1 aliphatic rings. The summed E-state index contributed by atoms with van der Waals surface area (Å²) < 4.78 is 1.56. The Balaban J connectivity index is 1.99. The lowest BCUT2D eigenvalue weighted by Crippen LogP contribution is -2.16. The average molecular weight is 209 g/mol. The summed E-state index contributed by atoms with van der Waals surface area (Å²) in [6, 6.07) is 0. The van der Waals surface area contributed by atoms with Crippen LogP contribution in [0.1, 0.15) is 16.8 Å². The highest BCUT2D eigenvalue weighted by atomic mass is 16.4. The zero-order chi connectivity index (χ0) is 10.8. The molecule has 2 N–H and O–H groups in total. The summed E-state index contributed by atoms with van der Waals surface area (Å²) >= 11 is 0. The van der Waals surface area contributed by atoms with Crippen molar-refractivity contribution in [2.75, 3.05) is 6.54 Å². The van der Waals surface area contributed by atoms with E-state index in [0.717, 1.165) is 0 Å². The third-order valence-corrected chi connectivity index (χ3v) is 2.39. The molecule has 1 saturated heterocycles. The van der Waals surface area contributed by atoms with Crippen LogP contribution in [-0.2, 0) is 11.3 Å². The highest BCUT2D eigenvalue weighted by Gasteiger charge is 2.22. The predicted molar refractivity (Wildman–Crippen MR) is 50.3 cm³/mol. The Labute approximate surface area is 85.9 Å². The minimum atomic E-state index is -0.984. The summed E-state index contributed by atoms with van der Waals surface area (Å²) in [6.07, 6.45) is 3.28. The third kappa shape index (κ3) is 2.15. The number of rotatable bonds is 3. The van der Waals surface area contributed by atoms with Crippen LogP contribution in [0.2, 0.25) is 0 Å². The monoisotopic (exact) mass is 209 g/mol. The number of carbonyl (C=O) groups is 2. The van der Waals surface area contributed by atoms with Gasteiger partial charge in [0.25, 0.3) is 0 Å². The van der Waals surface area contributed by atoms with Gasteiger partial charge < -0.3 is 10.4 Å². The van der Waals surface area contributed by atoms with E-state index < -0.39 is 5.97 Å². The standard InChI is InChI=1S/C9H11N3O3/c13-8-1-6(2-10-8)4-12-5-7(3-11-12)9(14)15/h3,5-6H,1-2,4H2,(H,10,13)(H,14,15). The van der Waals surface area contributed by atoms with Crippen LogP contribution in [0.25, 0.3) is 0 Å². The van der Waals surface area contributed by atoms with E-state index in [9.17, 15) is 9.59 Å². The molecule has 0 bridgehead atoms. The molecule has 0 aliphatic carbocycles. The van der Waals surface area contributed by atoms with Crippen LogP contribution >= 0.6 is 0 Å². The Morgan fingerprint density at radius 3 is 3.07 bits per heavy atom. The molecule has 1 fully saturated rings. The zero-order valence-corrected chi connectivity index (χ0v) is 8.01. The maximum absolute atomic E-state index is 10.9. The number of hydrogen-bond acceptors (Lipinski definition) is 3. The maximum atomic E-state index is 10.9. The van der Waals surface area contributed by atoms with Gasteiger partial charge in [0, 0.05) is 31.6 Å². The molecule has 6 nitrogen and oxygen atoms in total. The molecule has 15 heavy (non-hydrogen) atoms. The Morgan fingerprint density at radius 2 is 2.53 bits per heavy atom. The van der Waals surface area contributed by atoms with Crippen molar-refractivity contribution in [3.63, 3.8) is 0 Å². The minimum absolute atomic E-state index is 0.0469. The number of carboxylic acid groups (broad SMARTS) is 1. The van der Waals surface area contributed by atoms with Gasteiger partial charge in [0.15, 0.2) is 0 Å². The predicted octanol–water partition coefficient (Wildman–Crippen LogP) is -0.283. The fourth-order valence-corrected chi connectivity index (χ4v) is 1.63. The second-order valence-electron chi connectivity index (χ2n) is 3.63. The van der Waals surface area contributed by atoms with E-state index in [0.29, 0.717) is 19.5 Å². The highest BCUT2D eigenvalue weighted by molar-refractivity contribution is 5.86. The first-order chi connectivity index (χ1) is 7.15. The number of aromatic nitrogens is 2. The van der Waals surface area contributed by atoms with Crippen LogP contribution in [0.4, 0.5) is 0 Å². The van der Waals surface area contributed by atoms with Crippen LogP contribution in [0.3, 0.4) is 0 Å². The van der Waals surface area contributed by atoms with Crippen molar-refractivity contribution in [3.8, 4) is 0 Å². The first-order valence-corrected chi connectivity index (χ1v) is 4.67. The normalized spacial score (nSPS) is 20.3. The van der Waals surface area contributed by atoms with Gasteiger partial charge in [-0.1, -0.05) is 0 Å². The summed E-state index contributed by atoms with van der Waals surface area (Å²) in [6.45, 7) is 1.22. The van der Waals surface area contributed by atoms with Gasteiger partial charge in [-0.05, 0) is 0 Å². The number of carbonyl (C=O) groups excluding carboxylic acids is 1. The molecular weight excluding hydrogens is 198 g/mol. The lowest BCUT2D eigenvalue weighted by molar-refractivity contribution is -0.119. The van der Waals surface area contributed by atoms with Crippen LogP contribution in [0.5, 0.6) is 0 Å². The van der Waals surface area contributed by atoms with Crippen LogP contribution in [-0.4, -0.2) is 33.3 Å². The van der Waals surface area contributed by atoms with E-state index >= 15 is 0 Å². The van der Waals surface area contributed by atoms with Crippen molar-refractivity contribution < 1.29 is 14.7 Å². The Morgan fingerprint density at radius 1 is 1.73 bits per heavy atom. The molecule has 2 heterocycles. The van der Waals surface area contributed by atoms with Crippen LogP contribution in [0, 0.1) is 5.92 Å². The van der Waals surface area contributed by atoms with Gasteiger partial charge in [-0.25, -0.2) is 4.79 Å². The lowest BCUT2D eigenvalue weighted by atomic mass is 10.1. The van der Waals surface area contributed by atoms with Crippen molar-refractivity contribution in [2.24, 2.45) is 5.92 Å². The molecule has 0 aromatic carbocycles. The van der Waals surface area contributed by atoms with Crippen molar-refractivity contribution in [2.45, 2.75) is 13.0 Å². The number of nitrogens with zero attached hydrogens (tertiary/aromatic N) is 2. The van der Waals surface area contributed by atoms with Crippen LogP contribution in [0.15, 0.2) is 12.4 Å². The molecular formula is C9H11N3O3. The van der Waals surface area contributed by atoms with E-state index in [4.69, 9.17) is 5.11 Å². The Hall–Kier alpha value is -1.85. The quantitative estimate of drug-likeness (QED) is 0.716. The van der Waals surface area contributed by atoms with Gasteiger partial charge in [-0.2, -0.15) is 5.10 Å². The third-order valence-electron chi connectivity index (χ3n) is 2.39. The van der Waals surface area contributed by atoms with Gasteiger partial charge in [-0.15, -0.1) is 0 Å². The molecule has 80 valence electrons. The zero-order valence-electron chi connectivity index (χ0n) is 8.01. The van der Waals surface area contributed by atoms with E-state index in [2.05, 4.69) is 10.4 Å². The van der Waals surface area contributed by atoms with E-state index in [-0.39, 0.29) is 17.4 Å². The maximum Gasteiger partial charge on any atom is 0.338 e. The fourth-order valence-electron chi connectivity index (χ4n) is 1.63. The molecule has 6 heteroatoms. The molecule has 1 amide bonds. The lowest BCUT2D eigenvalue weighted by Gasteiger charge is -2.05. The van der Waals surface area contributed by atoms with Crippen molar-refractivity contribution in [3.05, 3.63) is 18.0 Å².